The van der Waals surface area contributed by atoms with Crippen molar-refractivity contribution in [3.05, 3.63) is 48.6 Å². The number of rotatable bonds is 5. The van der Waals surface area contributed by atoms with Crippen LogP contribution in [0.1, 0.15) is 12.5 Å². The summed E-state index contributed by atoms with van der Waals surface area (Å²) < 4.78 is 19.4. The topological polar surface area (TPSA) is 66.8 Å². The number of aliphatic hydroxyl groups is 1. The van der Waals surface area contributed by atoms with Crippen molar-refractivity contribution < 1.29 is 23.8 Å². The molecule has 118 valence electrons. The Bertz CT molecular complexity index is 573. The molecule has 5 nitrogen and oxygen atoms in total. The molecular formula is C16H18FNO4. The molecule has 1 heterocycles. The van der Waals surface area contributed by atoms with Crippen LogP contribution in [0, 0.1) is 0 Å². The van der Waals surface area contributed by atoms with Crippen LogP contribution in [0.25, 0.3) is 0 Å². The molecule has 0 spiro atoms. The molecule has 1 saturated heterocycles. The molecule has 1 aromatic rings. The van der Waals surface area contributed by atoms with Gasteiger partial charge in [-0.05, 0) is 18.9 Å². The first-order valence-electron chi connectivity index (χ1n) is 6.91. The molecule has 0 aromatic heterocycles. The molecule has 0 aliphatic carbocycles. The van der Waals surface area contributed by atoms with Crippen molar-refractivity contribution in [2.75, 3.05) is 6.61 Å². The minimum absolute atomic E-state index is 0.000266. The van der Waals surface area contributed by atoms with E-state index in [1.165, 1.54) is 0 Å². The Morgan fingerprint density at radius 3 is 2.82 bits per heavy atom. The van der Waals surface area contributed by atoms with E-state index in [2.05, 4.69) is 6.58 Å². The van der Waals surface area contributed by atoms with E-state index < -0.39 is 29.8 Å². The minimum Gasteiger partial charge on any atom is -0.447 e. The smallest absolute Gasteiger partial charge is 0.417 e. The Hall–Kier alpha value is -2.21. The van der Waals surface area contributed by atoms with E-state index in [0.29, 0.717) is 6.42 Å². The highest BCUT2D eigenvalue weighted by molar-refractivity contribution is 5.98. The Morgan fingerprint density at radius 2 is 2.23 bits per heavy atom. The number of cyclic esters (lactones) is 1. The van der Waals surface area contributed by atoms with Gasteiger partial charge in [-0.3, -0.25) is 4.79 Å². The molecular weight excluding hydrogens is 289 g/mol. The predicted molar refractivity (Wildman–Crippen MR) is 77.8 cm³/mol. The molecule has 1 aliphatic heterocycles. The standard InChI is InChI=1S/C16H18FNO4/c1-3-13(19)16(2,17)14(20)18-12(10-22-15(18)21)9-11-7-5-4-6-8-11/h3-8,12-13,19H,1,9-10H2,2H3/t12-,13+,16+/m0/s1. The van der Waals surface area contributed by atoms with Gasteiger partial charge in [-0.25, -0.2) is 14.1 Å². The number of ether oxygens (including phenoxy) is 1. The van der Waals surface area contributed by atoms with Crippen molar-refractivity contribution in [3.63, 3.8) is 0 Å². The van der Waals surface area contributed by atoms with Crippen LogP contribution < -0.4 is 0 Å². The quantitative estimate of drug-likeness (QED) is 0.843. The third kappa shape index (κ3) is 3.01. The zero-order valence-corrected chi connectivity index (χ0v) is 12.2. The molecule has 0 saturated carbocycles. The lowest BCUT2D eigenvalue weighted by Gasteiger charge is -2.29. The number of amides is 2. The highest BCUT2D eigenvalue weighted by Crippen LogP contribution is 2.26. The van der Waals surface area contributed by atoms with Gasteiger partial charge in [-0.1, -0.05) is 36.4 Å². The number of hydrogen-bond acceptors (Lipinski definition) is 4. The van der Waals surface area contributed by atoms with Gasteiger partial charge >= 0.3 is 6.09 Å². The lowest BCUT2D eigenvalue weighted by Crippen LogP contribution is -2.53. The van der Waals surface area contributed by atoms with E-state index in [1.807, 2.05) is 30.3 Å². The van der Waals surface area contributed by atoms with Crippen LogP contribution in [-0.2, 0) is 16.0 Å². The van der Waals surface area contributed by atoms with E-state index >= 15 is 0 Å². The number of hydrogen-bond donors (Lipinski definition) is 1. The van der Waals surface area contributed by atoms with Crippen LogP contribution in [0.4, 0.5) is 9.18 Å². The Morgan fingerprint density at radius 1 is 1.59 bits per heavy atom. The molecule has 1 aromatic carbocycles. The summed E-state index contributed by atoms with van der Waals surface area (Å²) in [7, 11) is 0. The van der Waals surface area contributed by atoms with Crippen LogP contribution >= 0.6 is 0 Å². The summed E-state index contributed by atoms with van der Waals surface area (Å²) in [4.78, 5) is 24.9. The van der Waals surface area contributed by atoms with Crippen LogP contribution in [0.15, 0.2) is 43.0 Å². The van der Waals surface area contributed by atoms with Crippen LogP contribution in [0.3, 0.4) is 0 Å². The van der Waals surface area contributed by atoms with Gasteiger partial charge in [0.1, 0.15) is 12.7 Å². The van der Waals surface area contributed by atoms with Crippen molar-refractivity contribution in [1.29, 1.82) is 0 Å². The maximum atomic E-state index is 14.5. The van der Waals surface area contributed by atoms with Gasteiger partial charge in [-0.2, -0.15) is 0 Å². The monoisotopic (exact) mass is 307 g/mol. The fraction of sp³-hybridized carbons (Fsp3) is 0.375. The second-order valence-electron chi connectivity index (χ2n) is 5.35. The molecule has 22 heavy (non-hydrogen) atoms. The molecule has 3 atom stereocenters. The molecule has 0 bridgehead atoms. The maximum absolute atomic E-state index is 14.5. The average molecular weight is 307 g/mol. The summed E-state index contributed by atoms with van der Waals surface area (Å²) >= 11 is 0. The summed E-state index contributed by atoms with van der Waals surface area (Å²) in [6, 6.07) is 8.60. The highest BCUT2D eigenvalue weighted by Gasteiger charge is 2.49. The highest BCUT2D eigenvalue weighted by atomic mass is 19.1. The predicted octanol–water partition coefficient (Wildman–Crippen LogP) is 1.85. The van der Waals surface area contributed by atoms with E-state index in [-0.39, 0.29) is 6.61 Å². The third-order valence-electron chi connectivity index (χ3n) is 3.69. The number of carbonyl (C=O) groups excluding carboxylic acids is 2. The maximum Gasteiger partial charge on any atom is 0.417 e. The first-order valence-corrected chi connectivity index (χ1v) is 6.91. The van der Waals surface area contributed by atoms with Gasteiger partial charge in [-0.15, -0.1) is 6.58 Å². The molecule has 1 fully saturated rings. The second-order valence-corrected chi connectivity index (χ2v) is 5.35. The first-order chi connectivity index (χ1) is 10.4. The van der Waals surface area contributed by atoms with E-state index in [9.17, 15) is 19.1 Å². The number of carbonyl (C=O) groups is 2. The van der Waals surface area contributed by atoms with Gasteiger partial charge in [0, 0.05) is 0 Å². The van der Waals surface area contributed by atoms with Crippen molar-refractivity contribution >= 4 is 12.0 Å². The summed E-state index contributed by atoms with van der Waals surface area (Å²) in [6.07, 6.45) is -1.32. The normalized spacial score (nSPS) is 21.9. The zero-order valence-electron chi connectivity index (χ0n) is 12.2. The molecule has 6 heteroatoms. The van der Waals surface area contributed by atoms with Crippen LogP contribution in [0.2, 0.25) is 0 Å². The van der Waals surface area contributed by atoms with Gasteiger partial charge in [0.2, 0.25) is 5.67 Å². The van der Waals surface area contributed by atoms with Crippen molar-refractivity contribution in [3.8, 4) is 0 Å². The fourth-order valence-corrected chi connectivity index (χ4v) is 2.33. The molecule has 0 unspecified atom stereocenters. The first kappa shape index (κ1) is 16.2. The molecule has 0 radical (unpaired) electrons. The number of nitrogens with zero attached hydrogens (tertiary/aromatic N) is 1. The minimum atomic E-state index is -2.64. The van der Waals surface area contributed by atoms with Gasteiger partial charge in [0.05, 0.1) is 6.04 Å². The summed E-state index contributed by atoms with van der Waals surface area (Å²) in [5, 5.41) is 9.59. The summed E-state index contributed by atoms with van der Waals surface area (Å²) in [5.41, 5.74) is -1.74. The average Bonchev–Trinajstić information content (AvgIpc) is 2.87. The van der Waals surface area contributed by atoms with Gasteiger partial charge < -0.3 is 9.84 Å². The molecule has 2 amide bonds. The van der Waals surface area contributed by atoms with E-state index in [0.717, 1.165) is 23.5 Å². The largest absolute Gasteiger partial charge is 0.447 e. The van der Waals surface area contributed by atoms with E-state index in [4.69, 9.17) is 4.74 Å². The third-order valence-corrected chi connectivity index (χ3v) is 3.69. The SMILES string of the molecule is C=C[C@@H](O)[C@@](C)(F)C(=O)N1C(=O)OC[C@@H]1Cc1ccccc1. The molecule has 1 aliphatic rings. The zero-order chi connectivity index (χ0) is 16.3. The second kappa shape index (κ2) is 6.27. The number of halogens is 1. The number of benzene rings is 1. The lowest BCUT2D eigenvalue weighted by atomic mass is 9.97. The lowest BCUT2D eigenvalue weighted by molar-refractivity contribution is -0.146. The summed E-state index contributed by atoms with van der Waals surface area (Å²) in [5.74, 6) is -1.12. The van der Waals surface area contributed by atoms with Gasteiger partial charge in [0.15, 0.2) is 0 Å². The van der Waals surface area contributed by atoms with Crippen LogP contribution in [-0.4, -0.2) is 46.4 Å². The number of imide groups is 1. The molecule has 1 N–H and O–H groups in total. The van der Waals surface area contributed by atoms with Gasteiger partial charge in [0.25, 0.3) is 5.91 Å². The fourth-order valence-electron chi connectivity index (χ4n) is 2.33. The number of aliphatic hydroxyl groups excluding tert-OH is 1. The van der Waals surface area contributed by atoms with Crippen molar-refractivity contribution in [2.24, 2.45) is 0 Å². The Labute approximate surface area is 128 Å². The summed E-state index contributed by atoms with van der Waals surface area (Å²) in [6.45, 7) is 4.19. The number of alkyl halides is 1. The van der Waals surface area contributed by atoms with Crippen molar-refractivity contribution in [2.45, 2.75) is 31.2 Å². The molecule has 2 rings (SSSR count). The van der Waals surface area contributed by atoms with Crippen LogP contribution in [0.5, 0.6) is 0 Å². The Kier molecular flexibility index (Phi) is 4.61. The van der Waals surface area contributed by atoms with E-state index in [1.54, 1.807) is 0 Å². The van der Waals surface area contributed by atoms with Crippen molar-refractivity contribution in [1.82, 2.24) is 4.90 Å². The Balaban J connectivity index is 2.21.